The van der Waals surface area contributed by atoms with Crippen LogP contribution in [0, 0.1) is 0 Å². The molecule has 6 heteroatoms. The zero-order valence-electron chi connectivity index (χ0n) is 53.1. The summed E-state index contributed by atoms with van der Waals surface area (Å²) in [6.45, 7) is 6.43. The van der Waals surface area contributed by atoms with Crippen molar-refractivity contribution in [2.75, 3.05) is 13.2 Å². The van der Waals surface area contributed by atoms with Crippen LogP contribution in [-0.2, 0) is 28.6 Å². The van der Waals surface area contributed by atoms with Crippen LogP contribution in [0.5, 0.6) is 0 Å². The van der Waals surface area contributed by atoms with Gasteiger partial charge in [-0.1, -0.05) is 324 Å². The monoisotopic (exact) mass is 1110 g/mol. The van der Waals surface area contributed by atoms with Gasteiger partial charge in [0.25, 0.3) is 0 Å². The van der Waals surface area contributed by atoms with Crippen molar-refractivity contribution in [3.05, 3.63) is 85.1 Å². The van der Waals surface area contributed by atoms with Gasteiger partial charge in [0.1, 0.15) is 13.2 Å². The average molecular weight is 1120 g/mol. The van der Waals surface area contributed by atoms with E-state index in [-0.39, 0.29) is 31.1 Å². The summed E-state index contributed by atoms with van der Waals surface area (Å²) in [5.41, 5.74) is 0. The molecule has 1 unspecified atom stereocenters. The van der Waals surface area contributed by atoms with Gasteiger partial charge in [-0.25, -0.2) is 0 Å². The van der Waals surface area contributed by atoms with E-state index in [4.69, 9.17) is 14.2 Å². The van der Waals surface area contributed by atoms with Gasteiger partial charge in [-0.3, -0.25) is 14.4 Å². The van der Waals surface area contributed by atoms with Crippen molar-refractivity contribution in [1.82, 2.24) is 0 Å². The molecular weight excluding hydrogens is 985 g/mol. The van der Waals surface area contributed by atoms with Crippen molar-refractivity contribution >= 4 is 17.9 Å². The lowest BCUT2D eigenvalue weighted by Gasteiger charge is -2.18. The molecule has 0 fully saturated rings. The van der Waals surface area contributed by atoms with Crippen LogP contribution in [0.2, 0.25) is 0 Å². The quantitative estimate of drug-likeness (QED) is 0.0261. The van der Waals surface area contributed by atoms with Crippen molar-refractivity contribution in [3.8, 4) is 0 Å². The van der Waals surface area contributed by atoms with Crippen molar-refractivity contribution in [2.45, 2.75) is 354 Å². The van der Waals surface area contributed by atoms with Crippen LogP contribution in [0.3, 0.4) is 0 Å². The maximum absolute atomic E-state index is 12.9. The van der Waals surface area contributed by atoms with Crippen LogP contribution >= 0.6 is 0 Å². The fourth-order valence-corrected chi connectivity index (χ4v) is 10.0. The Morgan fingerprint density at radius 2 is 0.487 bits per heavy atom. The van der Waals surface area contributed by atoms with Crippen molar-refractivity contribution in [3.63, 3.8) is 0 Å². The third-order valence-electron chi connectivity index (χ3n) is 15.1. The van der Waals surface area contributed by atoms with E-state index in [1.165, 1.54) is 199 Å². The Labute approximate surface area is 496 Å². The van der Waals surface area contributed by atoms with E-state index < -0.39 is 6.10 Å². The second kappa shape index (κ2) is 68.1. The highest BCUT2D eigenvalue weighted by Crippen LogP contribution is 2.18. The molecule has 1 atom stereocenters. The first kappa shape index (κ1) is 76.6. The summed E-state index contributed by atoms with van der Waals surface area (Å²) in [6.07, 6.45) is 90.5. The first-order chi connectivity index (χ1) is 39.5. The second-order valence-corrected chi connectivity index (χ2v) is 23.0. The van der Waals surface area contributed by atoms with Crippen LogP contribution < -0.4 is 0 Å². The number of hydrogen-bond acceptors (Lipinski definition) is 6. The molecule has 0 aliphatic rings. The normalized spacial score (nSPS) is 12.6. The van der Waals surface area contributed by atoms with Crippen molar-refractivity contribution in [1.29, 1.82) is 0 Å². The second-order valence-electron chi connectivity index (χ2n) is 23.0. The molecule has 80 heavy (non-hydrogen) atoms. The smallest absolute Gasteiger partial charge is 0.306 e. The highest BCUT2D eigenvalue weighted by molar-refractivity contribution is 5.71. The number of carbonyl (C=O) groups excluding carboxylic acids is 3. The lowest BCUT2D eigenvalue weighted by atomic mass is 10.0. The van der Waals surface area contributed by atoms with Gasteiger partial charge in [-0.2, -0.15) is 0 Å². The molecule has 0 saturated carbocycles. The minimum atomic E-state index is -0.792. The topological polar surface area (TPSA) is 78.9 Å². The average Bonchev–Trinajstić information content (AvgIpc) is 3.46. The molecule has 0 aromatic rings. The zero-order chi connectivity index (χ0) is 57.8. The van der Waals surface area contributed by atoms with Gasteiger partial charge in [0, 0.05) is 19.3 Å². The SMILES string of the molecule is CC/C=C\C/C=C\C/C=C\C/C=C\CCCCCCCCCCCCC(=O)OC(COC(=O)CCCCC/C=C\C/C=C\C/C=C\CC)COC(=O)CCCCCCCCCCCCCCCCCCCCCCCCCCCC. The number of carbonyl (C=O) groups is 3. The molecule has 0 aromatic heterocycles. The van der Waals surface area contributed by atoms with E-state index in [1.54, 1.807) is 0 Å². The molecule has 0 amide bonds. The predicted octanol–water partition coefficient (Wildman–Crippen LogP) is 23.8. The Hall–Kier alpha value is -3.41. The maximum Gasteiger partial charge on any atom is 0.306 e. The molecule has 0 N–H and O–H groups in total. The summed E-state index contributed by atoms with van der Waals surface area (Å²) in [5, 5.41) is 0. The summed E-state index contributed by atoms with van der Waals surface area (Å²) in [7, 11) is 0. The number of unbranched alkanes of at least 4 members (excludes halogenated alkanes) is 38. The van der Waals surface area contributed by atoms with Gasteiger partial charge >= 0.3 is 17.9 Å². The van der Waals surface area contributed by atoms with Crippen LogP contribution in [0.25, 0.3) is 0 Å². The minimum absolute atomic E-state index is 0.0846. The molecule has 462 valence electrons. The fourth-order valence-electron chi connectivity index (χ4n) is 10.0. The Bertz CT molecular complexity index is 1520. The molecule has 0 radical (unpaired) electrons. The van der Waals surface area contributed by atoms with Gasteiger partial charge in [0.2, 0.25) is 0 Å². The molecule has 0 bridgehead atoms. The van der Waals surface area contributed by atoms with E-state index in [0.29, 0.717) is 19.3 Å². The summed E-state index contributed by atoms with van der Waals surface area (Å²) in [5.74, 6) is -0.903. The standard InChI is InChI=1S/C74H130O6/c1-4-7-10-13-16-19-22-25-27-29-31-33-35-36-37-39-40-42-44-46-49-52-55-58-61-64-67-73(76)79-70-71(69-78-72(75)66-63-60-57-54-51-48-24-21-18-15-12-9-6-3)80-74(77)68-65-62-59-56-53-50-47-45-43-41-38-34-32-30-28-26-23-20-17-14-11-8-5-2/h8-9,11-12,17-18,20-21,26,28,32,34,48,51,71H,4-7,10,13-16,19,22-25,27,29-31,33,35-47,49-50,52-70H2,1-3H3/b11-8-,12-9-,20-17-,21-18-,28-26-,34-32-,51-48-. The summed E-state index contributed by atoms with van der Waals surface area (Å²) >= 11 is 0. The van der Waals surface area contributed by atoms with E-state index in [9.17, 15) is 14.4 Å². The summed E-state index contributed by atoms with van der Waals surface area (Å²) in [4.78, 5) is 38.4. The van der Waals surface area contributed by atoms with E-state index in [2.05, 4.69) is 106 Å². The highest BCUT2D eigenvalue weighted by Gasteiger charge is 2.19. The molecule has 0 spiro atoms. The van der Waals surface area contributed by atoms with Gasteiger partial charge < -0.3 is 14.2 Å². The van der Waals surface area contributed by atoms with Crippen molar-refractivity contribution in [2.24, 2.45) is 0 Å². The van der Waals surface area contributed by atoms with Gasteiger partial charge in [-0.15, -0.1) is 0 Å². The summed E-state index contributed by atoms with van der Waals surface area (Å²) < 4.78 is 16.9. The Morgan fingerprint density at radius 3 is 0.775 bits per heavy atom. The first-order valence-electron chi connectivity index (χ1n) is 34.6. The fraction of sp³-hybridized carbons (Fsp3) is 0.770. The van der Waals surface area contributed by atoms with Crippen LogP contribution in [0.15, 0.2) is 85.1 Å². The largest absolute Gasteiger partial charge is 0.462 e. The maximum atomic E-state index is 12.9. The third kappa shape index (κ3) is 65.4. The minimum Gasteiger partial charge on any atom is -0.462 e. The van der Waals surface area contributed by atoms with E-state index in [0.717, 1.165) is 109 Å². The number of rotatable bonds is 63. The predicted molar refractivity (Wildman–Crippen MR) is 348 cm³/mol. The lowest BCUT2D eigenvalue weighted by Crippen LogP contribution is -2.30. The van der Waals surface area contributed by atoms with Crippen molar-refractivity contribution < 1.29 is 28.6 Å². The number of hydrogen-bond donors (Lipinski definition) is 0. The zero-order valence-corrected chi connectivity index (χ0v) is 53.1. The molecule has 0 aliphatic carbocycles. The van der Waals surface area contributed by atoms with Crippen LogP contribution in [0.1, 0.15) is 348 Å². The number of ether oxygens (including phenoxy) is 3. The van der Waals surface area contributed by atoms with E-state index >= 15 is 0 Å². The van der Waals surface area contributed by atoms with Gasteiger partial charge in [0.15, 0.2) is 6.10 Å². The molecule has 0 aromatic carbocycles. The molecule has 6 nitrogen and oxygen atoms in total. The Kier molecular flexibility index (Phi) is 65.2. The Balaban J connectivity index is 4.27. The highest BCUT2D eigenvalue weighted by atomic mass is 16.6. The van der Waals surface area contributed by atoms with E-state index in [1.807, 2.05) is 0 Å². The molecule has 0 rings (SSSR count). The molecule has 0 heterocycles. The number of esters is 3. The number of allylic oxidation sites excluding steroid dienone is 14. The molecular formula is C74H130O6. The Morgan fingerprint density at radius 1 is 0.263 bits per heavy atom. The van der Waals surface area contributed by atoms with Gasteiger partial charge in [0.05, 0.1) is 0 Å². The van der Waals surface area contributed by atoms with Crippen LogP contribution in [-0.4, -0.2) is 37.2 Å². The van der Waals surface area contributed by atoms with Crippen LogP contribution in [0.4, 0.5) is 0 Å². The third-order valence-corrected chi connectivity index (χ3v) is 15.1. The van der Waals surface area contributed by atoms with Gasteiger partial charge in [-0.05, 0) is 89.9 Å². The lowest BCUT2D eigenvalue weighted by molar-refractivity contribution is -0.167. The molecule has 0 aliphatic heterocycles. The summed E-state index contributed by atoms with van der Waals surface area (Å²) in [6, 6.07) is 0. The molecule has 0 saturated heterocycles. The first-order valence-corrected chi connectivity index (χ1v) is 34.6.